The molecule has 186 valence electrons. The van der Waals surface area contributed by atoms with E-state index < -0.39 is 17.0 Å². The fraction of sp³-hybridized carbons (Fsp3) is 0.368. The standard InChI is InChI=1S/C9H12N2O4.C6H6N2O3.C3H7BrO.CH3F/c1-14-4-5-15-7-2-3-8(10)9(6-7)11(12)13;7-5-2-1-4(9)3-6(5)8(10)11;1-5-3-2-4;1-2/h2-3,6H,4-5,10H2,1H3;1-3,9H,7H2;2-3H2,1H3;1H3/i;;;1D. The van der Waals surface area contributed by atoms with Gasteiger partial charge >= 0.3 is 0 Å². The molecule has 0 heterocycles. The first-order chi connectivity index (χ1) is 16.1. The quantitative estimate of drug-likeness (QED) is 0.111. The third kappa shape index (κ3) is 14.5. The predicted molar refractivity (Wildman–Crippen MR) is 127 cm³/mol. The van der Waals surface area contributed by atoms with Gasteiger partial charge in [0.25, 0.3) is 11.4 Å². The van der Waals surface area contributed by atoms with Crippen LogP contribution in [0, 0.1) is 20.2 Å². The van der Waals surface area contributed by atoms with Crippen LogP contribution in [0.2, 0.25) is 0 Å². The highest BCUT2D eigenvalue weighted by Gasteiger charge is 2.12. The summed E-state index contributed by atoms with van der Waals surface area (Å²) in [4.78, 5) is 19.6. The average Bonchev–Trinajstić information content (AvgIpc) is 2.78. The van der Waals surface area contributed by atoms with Gasteiger partial charge in [0.1, 0.15) is 29.5 Å². The molecule has 0 aliphatic carbocycles. The Morgan fingerprint density at radius 3 is 1.88 bits per heavy atom. The van der Waals surface area contributed by atoms with E-state index in [2.05, 4.69) is 20.7 Å². The number of aromatic hydroxyl groups is 1. The highest BCUT2D eigenvalue weighted by molar-refractivity contribution is 9.09. The number of nitro benzene ring substituents is 2. The topological polar surface area (TPSA) is 186 Å². The fourth-order valence-electron chi connectivity index (χ4n) is 1.78. The van der Waals surface area contributed by atoms with Gasteiger partial charge in [0.05, 0.1) is 43.7 Å². The molecule has 12 nitrogen and oxygen atoms in total. The van der Waals surface area contributed by atoms with Gasteiger partial charge < -0.3 is 30.8 Å². The Labute approximate surface area is 200 Å². The van der Waals surface area contributed by atoms with Gasteiger partial charge in [-0.25, -0.2) is 0 Å². The number of nitrogen functional groups attached to an aromatic ring is 2. The number of nitrogens with zero attached hydrogens (tertiary/aromatic N) is 2. The third-order valence-corrected chi connectivity index (χ3v) is 3.57. The Morgan fingerprint density at radius 2 is 1.48 bits per heavy atom. The molecule has 0 radical (unpaired) electrons. The van der Waals surface area contributed by atoms with Crippen molar-refractivity contribution in [3.8, 4) is 11.5 Å². The Kier molecular flexibility index (Phi) is 17.6. The zero-order valence-electron chi connectivity index (χ0n) is 19.1. The zero-order valence-corrected chi connectivity index (χ0v) is 19.7. The first-order valence-corrected chi connectivity index (χ1v) is 10.00. The van der Waals surface area contributed by atoms with Crippen molar-refractivity contribution in [1.29, 1.82) is 0 Å². The molecule has 5 N–H and O–H groups in total. The van der Waals surface area contributed by atoms with E-state index in [4.69, 9.17) is 27.4 Å². The predicted octanol–water partition coefficient (Wildman–Crippen LogP) is 3.70. The minimum atomic E-state index is -1.00. The van der Waals surface area contributed by atoms with Crippen molar-refractivity contribution >= 4 is 38.7 Å². The van der Waals surface area contributed by atoms with Crippen LogP contribution in [0.1, 0.15) is 1.37 Å². The van der Waals surface area contributed by atoms with E-state index in [0.29, 0.717) is 19.0 Å². The summed E-state index contributed by atoms with van der Waals surface area (Å²) in [6.07, 6.45) is 0. The summed E-state index contributed by atoms with van der Waals surface area (Å²) in [7, 11) is 2.23. The number of hydrogen-bond acceptors (Lipinski definition) is 10. The highest BCUT2D eigenvalue weighted by Crippen LogP contribution is 2.26. The molecule has 0 spiro atoms. The molecule has 0 amide bonds. The number of halogens is 2. The van der Waals surface area contributed by atoms with Crippen molar-refractivity contribution in [3.05, 3.63) is 56.6 Å². The number of nitro groups is 2. The summed E-state index contributed by atoms with van der Waals surface area (Å²) in [6.45, 7) is 1.58. The molecule has 0 aliphatic heterocycles. The second kappa shape index (κ2) is 19.5. The van der Waals surface area contributed by atoms with E-state index in [1.54, 1.807) is 20.3 Å². The smallest absolute Gasteiger partial charge is 0.295 e. The van der Waals surface area contributed by atoms with Crippen LogP contribution in [-0.4, -0.2) is 61.5 Å². The maximum atomic E-state index is 10.5. The van der Waals surface area contributed by atoms with Crippen LogP contribution >= 0.6 is 15.9 Å². The van der Waals surface area contributed by atoms with Crippen LogP contribution in [0.25, 0.3) is 0 Å². The van der Waals surface area contributed by atoms with Crippen molar-refractivity contribution in [3.63, 3.8) is 0 Å². The highest BCUT2D eigenvalue weighted by atomic mass is 79.9. The summed E-state index contributed by atoms with van der Waals surface area (Å²) in [5, 5.41) is 30.5. The monoisotopic (exact) mass is 539 g/mol. The molecule has 0 unspecified atom stereocenters. The number of alkyl halides is 2. The first-order valence-electron chi connectivity index (χ1n) is 9.58. The first kappa shape index (κ1) is 29.8. The van der Waals surface area contributed by atoms with Gasteiger partial charge in [-0.3, -0.25) is 24.6 Å². The SMILES string of the molecule is COCCBr.COCCOc1ccc(N)c([N+](=O)[O-])c1.Nc1ccc(O)cc1[N+](=O)[O-].[2H]CF. The molecule has 0 saturated carbocycles. The molecule has 33 heavy (non-hydrogen) atoms. The molecule has 14 heteroatoms. The molecular formula is C19H28BrFN4O8. The molecule has 2 aromatic carbocycles. The van der Waals surface area contributed by atoms with E-state index in [-0.39, 0.29) is 28.5 Å². The van der Waals surface area contributed by atoms with Crippen LogP contribution in [0.3, 0.4) is 0 Å². The molecular weight excluding hydrogens is 511 g/mol. The Balaban J connectivity index is 0. The van der Waals surface area contributed by atoms with E-state index >= 15 is 0 Å². The van der Waals surface area contributed by atoms with E-state index in [1.807, 2.05) is 0 Å². The lowest BCUT2D eigenvalue weighted by Gasteiger charge is -2.05. The number of hydrogen-bond donors (Lipinski definition) is 3. The lowest BCUT2D eigenvalue weighted by molar-refractivity contribution is -0.384. The minimum absolute atomic E-state index is 0.0489. The molecule has 0 fully saturated rings. The van der Waals surface area contributed by atoms with Crippen LogP contribution in [-0.2, 0) is 9.47 Å². The van der Waals surface area contributed by atoms with Gasteiger partial charge in [-0.05, 0) is 24.3 Å². The van der Waals surface area contributed by atoms with Gasteiger partial charge in [0, 0.05) is 19.5 Å². The Hall–Kier alpha value is -3.23. The number of benzene rings is 2. The van der Waals surface area contributed by atoms with Gasteiger partial charge in [-0.15, -0.1) is 0 Å². The van der Waals surface area contributed by atoms with Crippen LogP contribution in [0.4, 0.5) is 27.1 Å². The Bertz CT molecular complexity index is 865. The fourth-order valence-corrected chi connectivity index (χ4v) is 2.11. The average molecular weight is 540 g/mol. The summed E-state index contributed by atoms with van der Waals surface area (Å²) in [5.41, 5.74) is 10.4. The minimum Gasteiger partial charge on any atom is -0.508 e. The summed E-state index contributed by atoms with van der Waals surface area (Å²) < 4.78 is 30.1. The maximum absolute atomic E-state index is 10.5. The number of phenols is 1. The van der Waals surface area contributed by atoms with Crippen molar-refractivity contribution in [2.24, 2.45) is 0 Å². The van der Waals surface area contributed by atoms with Crippen molar-refractivity contribution in [1.82, 2.24) is 0 Å². The second-order valence-corrected chi connectivity index (χ2v) is 6.29. The molecule has 0 saturated heterocycles. The second-order valence-electron chi connectivity index (χ2n) is 5.50. The van der Waals surface area contributed by atoms with Gasteiger partial charge in [-0.1, -0.05) is 15.9 Å². The number of phenolic OH excluding ortho intramolecular Hbond substituents is 1. The van der Waals surface area contributed by atoms with Crippen molar-refractivity contribution in [2.75, 3.05) is 58.0 Å². The number of anilines is 2. The van der Waals surface area contributed by atoms with Gasteiger partial charge in [0.2, 0.25) is 0 Å². The van der Waals surface area contributed by atoms with E-state index in [0.717, 1.165) is 18.0 Å². The molecule has 0 bridgehead atoms. The Morgan fingerprint density at radius 1 is 1.00 bits per heavy atom. The summed E-state index contributed by atoms with van der Waals surface area (Å²) >= 11 is 3.18. The molecule has 2 rings (SSSR count). The molecule has 2 aromatic rings. The zero-order chi connectivity index (χ0) is 26.5. The number of methoxy groups -OCH3 is 2. The molecule has 0 aliphatic rings. The van der Waals surface area contributed by atoms with E-state index in [1.165, 1.54) is 24.3 Å². The number of rotatable bonds is 8. The van der Waals surface area contributed by atoms with E-state index in [9.17, 15) is 24.6 Å². The van der Waals surface area contributed by atoms with Crippen LogP contribution in [0.15, 0.2) is 36.4 Å². The van der Waals surface area contributed by atoms with Crippen molar-refractivity contribution < 1.29 is 34.9 Å². The maximum Gasteiger partial charge on any atom is 0.295 e. The number of ether oxygens (including phenoxy) is 3. The molecule has 0 atom stereocenters. The summed E-state index contributed by atoms with van der Waals surface area (Å²) in [5.74, 6) is 0.249. The lowest BCUT2D eigenvalue weighted by Crippen LogP contribution is -2.05. The van der Waals surface area contributed by atoms with Crippen molar-refractivity contribution in [2.45, 2.75) is 0 Å². The van der Waals surface area contributed by atoms with Crippen LogP contribution in [0.5, 0.6) is 11.5 Å². The van der Waals surface area contributed by atoms with Crippen LogP contribution < -0.4 is 16.2 Å². The lowest BCUT2D eigenvalue weighted by atomic mass is 10.2. The van der Waals surface area contributed by atoms with Gasteiger partial charge in [-0.2, -0.15) is 0 Å². The molecule has 0 aromatic heterocycles. The normalized spacial score (nSPS) is 9.52. The number of nitrogens with two attached hydrogens (primary N) is 2. The third-order valence-electron chi connectivity index (χ3n) is 3.25. The van der Waals surface area contributed by atoms with Gasteiger partial charge in [0.15, 0.2) is 0 Å². The summed E-state index contributed by atoms with van der Waals surface area (Å²) in [6, 6.07) is 7.91. The largest absolute Gasteiger partial charge is 0.508 e.